The molecule has 33 heavy (non-hydrogen) atoms. The highest BCUT2D eigenvalue weighted by molar-refractivity contribution is 5.31. The van der Waals surface area contributed by atoms with Crippen LogP contribution in [0.15, 0.2) is 42.7 Å². The normalized spacial score (nSPS) is 11.3. The number of nitrogens with zero attached hydrogens (tertiary/aromatic N) is 2. The van der Waals surface area contributed by atoms with Gasteiger partial charge in [0.05, 0.1) is 6.54 Å². The third-order valence-corrected chi connectivity index (χ3v) is 7.05. The van der Waals surface area contributed by atoms with Gasteiger partial charge in [0.1, 0.15) is 18.1 Å². The minimum Gasteiger partial charge on any atom is -0.234 e. The fourth-order valence-electron chi connectivity index (χ4n) is 4.94. The number of unbranched alkanes of at least 4 members (excludes halogenated alkanes) is 16. The maximum absolute atomic E-state index is 2.54. The van der Waals surface area contributed by atoms with Gasteiger partial charge in [-0.2, -0.15) is 4.57 Å². The van der Waals surface area contributed by atoms with E-state index in [0.29, 0.717) is 0 Å². The number of para-hydroxylation sites is 1. The second-order valence-corrected chi connectivity index (χ2v) is 10.0. The van der Waals surface area contributed by atoms with Crippen LogP contribution in [-0.4, -0.2) is 4.57 Å². The Morgan fingerprint density at radius 1 is 0.576 bits per heavy atom. The zero-order valence-corrected chi connectivity index (χ0v) is 22.1. The molecule has 1 aromatic heterocycles. The fraction of sp³-hybridized carbons (Fsp3) is 0.710. The van der Waals surface area contributed by atoms with E-state index in [2.05, 4.69) is 65.7 Å². The molecular formula is C31H53N2+. The molecule has 0 fully saturated rings. The first-order valence-electron chi connectivity index (χ1n) is 14.5. The quantitative estimate of drug-likeness (QED) is 0.131. The van der Waals surface area contributed by atoms with Gasteiger partial charge in [-0.05, 0) is 31.4 Å². The fourth-order valence-corrected chi connectivity index (χ4v) is 4.94. The SMILES string of the molecule is CCCCCCCCCCCCCc1n(-c2ccccc2)cc[n+]1CCCCCCCCC. The molecule has 2 aromatic rings. The molecule has 0 N–H and O–H groups in total. The predicted molar refractivity (Wildman–Crippen MR) is 144 cm³/mol. The molecule has 0 aliphatic rings. The third kappa shape index (κ3) is 11.9. The van der Waals surface area contributed by atoms with Crippen LogP contribution in [0.1, 0.15) is 135 Å². The van der Waals surface area contributed by atoms with E-state index in [4.69, 9.17) is 0 Å². The van der Waals surface area contributed by atoms with E-state index in [-0.39, 0.29) is 0 Å². The summed E-state index contributed by atoms with van der Waals surface area (Å²) in [6.07, 6.45) is 30.9. The van der Waals surface area contributed by atoms with Crippen LogP contribution in [0.2, 0.25) is 0 Å². The molecule has 0 aliphatic heterocycles. The summed E-state index contributed by atoms with van der Waals surface area (Å²) in [7, 11) is 0. The summed E-state index contributed by atoms with van der Waals surface area (Å²) < 4.78 is 4.97. The molecule has 2 heteroatoms. The van der Waals surface area contributed by atoms with E-state index in [1.165, 1.54) is 140 Å². The van der Waals surface area contributed by atoms with Crippen molar-refractivity contribution in [2.24, 2.45) is 0 Å². The van der Waals surface area contributed by atoms with Crippen molar-refractivity contribution in [3.8, 4) is 5.69 Å². The molecule has 0 aliphatic carbocycles. The molecule has 0 bridgehead atoms. The van der Waals surface area contributed by atoms with Crippen molar-refractivity contribution in [1.29, 1.82) is 0 Å². The lowest BCUT2D eigenvalue weighted by Gasteiger charge is -2.06. The Morgan fingerprint density at radius 3 is 1.61 bits per heavy atom. The molecule has 0 saturated carbocycles. The standard InChI is InChI=1S/C31H53N2/c1-3-5-7-9-11-12-13-14-15-17-22-26-31-32(27-23-18-16-10-8-6-4-2)28-29-33(31)30-24-20-19-21-25-30/h19-21,24-25,28-29H,3-18,22-23,26-27H2,1-2H3/q+1. The Morgan fingerprint density at radius 2 is 1.06 bits per heavy atom. The molecular weight excluding hydrogens is 400 g/mol. The molecule has 0 radical (unpaired) electrons. The number of aryl methyl sites for hydroxylation is 1. The van der Waals surface area contributed by atoms with E-state index in [1.807, 2.05) is 0 Å². The van der Waals surface area contributed by atoms with Gasteiger partial charge in [-0.15, -0.1) is 0 Å². The Hall–Kier alpha value is -1.57. The first-order valence-corrected chi connectivity index (χ1v) is 14.5. The van der Waals surface area contributed by atoms with Crippen molar-refractivity contribution in [3.63, 3.8) is 0 Å². The van der Waals surface area contributed by atoms with Crippen molar-refractivity contribution in [2.75, 3.05) is 0 Å². The topological polar surface area (TPSA) is 8.81 Å². The summed E-state index contributed by atoms with van der Waals surface area (Å²) in [5.41, 5.74) is 1.30. The van der Waals surface area contributed by atoms with Gasteiger partial charge < -0.3 is 0 Å². The van der Waals surface area contributed by atoms with Gasteiger partial charge in [-0.25, -0.2) is 4.57 Å². The summed E-state index contributed by atoms with van der Waals surface area (Å²) in [5.74, 6) is 1.49. The monoisotopic (exact) mass is 453 g/mol. The lowest BCUT2D eigenvalue weighted by Crippen LogP contribution is -2.37. The van der Waals surface area contributed by atoms with Gasteiger partial charge >= 0.3 is 0 Å². The molecule has 0 unspecified atom stereocenters. The summed E-state index contributed by atoms with van der Waals surface area (Å²) in [4.78, 5) is 0. The highest BCUT2D eigenvalue weighted by Gasteiger charge is 2.18. The van der Waals surface area contributed by atoms with Crippen LogP contribution in [0, 0.1) is 0 Å². The van der Waals surface area contributed by atoms with Gasteiger partial charge in [0.15, 0.2) is 0 Å². The highest BCUT2D eigenvalue weighted by Crippen LogP contribution is 2.15. The smallest absolute Gasteiger partial charge is 0.234 e. The van der Waals surface area contributed by atoms with Crippen molar-refractivity contribution in [2.45, 2.75) is 142 Å². The Labute approximate surface area is 205 Å². The summed E-state index contributed by atoms with van der Waals surface area (Å²) in [5, 5.41) is 0. The zero-order chi connectivity index (χ0) is 23.4. The van der Waals surface area contributed by atoms with E-state index >= 15 is 0 Å². The molecule has 0 saturated heterocycles. The zero-order valence-electron chi connectivity index (χ0n) is 22.1. The summed E-state index contributed by atoms with van der Waals surface area (Å²) in [6, 6.07) is 10.9. The molecule has 0 amide bonds. The number of rotatable bonds is 21. The van der Waals surface area contributed by atoms with Crippen LogP contribution < -0.4 is 4.57 Å². The van der Waals surface area contributed by atoms with Crippen LogP contribution in [0.5, 0.6) is 0 Å². The third-order valence-electron chi connectivity index (χ3n) is 7.05. The minimum absolute atomic E-state index is 1.17. The Balaban J connectivity index is 1.73. The Kier molecular flexibility index (Phi) is 15.8. The lowest BCUT2D eigenvalue weighted by atomic mass is 10.1. The van der Waals surface area contributed by atoms with Gasteiger partial charge in [0, 0.05) is 6.42 Å². The predicted octanol–water partition coefficient (Wildman–Crippen LogP) is 9.37. The molecule has 1 heterocycles. The van der Waals surface area contributed by atoms with E-state index in [1.54, 1.807) is 0 Å². The summed E-state index contributed by atoms with van der Waals surface area (Å²) in [6.45, 7) is 5.76. The van der Waals surface area contributed by atoms with Crippen molar-refractivity contribution in [3.05, 3.63) is 48.5 Å². The van der Waals surface area contributed by atoms with Gasteiger partial charge in [-0.3, -0.25) is 0 Å². The maximum atomic E-state index is 2.54. The van der Waals surface area contributed by atoms with Crippen LogP contribution in [0.3, 0.4) is 0 Å². The number of hydrogen-bond donors (Lipinski definition) is 0. The molecule has 0 atom stereocenters. The van der Waals surface area contributed by atoms with E-state index in [9.17, 15) is 0 Å². The second-order valence-electron chi connectivity index (χ2n) is 10.0. The van der Waals surface area contributed by atoms with Gasteiger partial charge in [0.25, 0.3) is 5.82 Å². The molecule has 1 aromatic carbocycles. The number of hydrogen-bond acceptors (Lipinski definition) is 0. The number of benzene rings is 1. The van der Waals surface area contributed by atoms with Crippen LogP contribution in [0.4, 0.5) is 0 Å². The average Bonchev–Trinajstić information content (AvgIpc) is 3.25. The molecule has 2 rings (SSSR count). The van der Waals surface area contributed by atoms with Crippen molar-refractivity contribution in [1.82, 2.24) is 4.57 Å². The average molecular weight is 454 g/mol. The first kappa shape index (κ1) is 27.7. The van der Waals surface area contributed by atoms with Gasteiger partial charge in [0.2, 0.25) is 0 Å². The van der Waals surface area contributed by atoms with E-state index in [0.717, 1.165) is 0 Å². The molecule has 0 spiro atoms. The largest absolute Gasteiger partial charge is 0.261 e. The van der Waals surface area contributed by atoms with Crippen LogP contribution >= 0.6 is 0 Å². The lowest BCUT2D eigenvalue weighted by molar-refractivity contribution is -0.704. The molecule has 2 nitrogen and oxygen atoms in total. The highest BCUT2D eigenvalue weighted by atomic mass is 15.1. The minimum atomic E-state index is 1.17. The van der Waals surface area contributed by atoms with Crippen LogP contribution in [-0.2, 0) is 13.0 Å². The van der Waals surface area contributed by atoms with Crippen LogP contribution in [0.25, 0.3) is 5.69 Å². The van der Waals surface area contributed by atoms with Crippen molar-refractivity contribution < 1.29 is 4.57 Å². The maximum Gasteiger partial charge on any atom is 0.261 e. The number of aromatic nitrogens is 2. The molecule has 186 valence electrons. The Bertz CT molecular complexity index is 688. The summed E-state index contributed by atoms with van der Waals surface area (Å²) >= 11 is 0. The van der Waals surface area contributed by atoms with Crippen molar-refractivity contribution >= 4 is 0 Å². The van der Waals surface area contributed by atoms with E-state index < -0.39 is 0 Å². The van der Waals surface area contributed by atoms with Gasteiger partial charge in [-0.1, -0.05) is 128 Å². The second kappa shape index (κ2) is 18.8. The number of imidazole rings is 1. The first-order chi connectivity index (χ1) is 16.4.